The van der Waals surface area contributed by atoms with E-state index >= 15 is 0 Å². The molecular formula is C9H15FO. The van der Waals surface area contributed by atoms with Crippen LogP contribution in [0.1, 0.15) is 33.1 Å². The van der Waals surface area contributed by atoms with E-state index in [-0.39, 0.29) is 0 Å². The molecule has 0 radical (unpaired) electrons. The standard InChI is InChI=1S/C9H15FO/c1-8(2)9(3,10)6-4-5-7-11/h7H,1,4-6H2,2-3H3. The quantitative estimate of drug-likeness (QED) is 0.341. The van der Waals surface area contributed by atoms with Gasteiger partial charge in [0.15, 0.2) is 0 Å². The van der Waals surface area contributed by atoms with Crippen LogP contribution in [0.3, 0.4) is 0 Å². The molecule has 0 saturated heterocycles. The van der Waals surface area contributed by atoms with E-state index in [1.165, 1.54) is 6.92 Å². The van der Waals surface area contributed by atoms with Gasteiger partial charge >= 0.3 is 0 Å². The Morgan fingerprint density at radius 3 is 2.64 bits per heavy atom. The number of carbonyl (C=O) groups excluding carboxylic acids is 1. The first kappa shape index (κ1) is 10.3. The number of rotatable bonds is 5. The third-order valence-electron chi connectivity index (χ3n) is 1.86. The average molecular weight is 158 g/mol. The Morgan fingerprint density at radius 2 is 2.27 bits per heavy atom. The van der Waals surface area contributed by atoms with Gasteiger partial charge in [-0.05, 0) is 32.3 Å². The van der Waals surface area contributed by atoms with Crippen molar-refractivity contribution in [2.45, 2.75) is 38.8 Å². The molecule has 0 spiro atoms. The SMILES string of the molecule is C=C(C)C(C)(F)CCCC=O. The summed E-state index contributed by atoms with van der Waals surface area (Å²) in [5, 5.41) is 0. The fraction of sp³-hybridized carbons (Fsp3) is 0.667. The topological polar surface area (TPSA) is 17.1 Å². The Morgan fingerprint density at radius 1 is 1.73 bits per heavy atom. The molecule has 0 aromatic carbocycles. The summed E-state index contributed by atoms with van der Waals surface area (Å²) in [5.41, 5.74) is -0.772. The van der Waals surface area contributed by atoms with Gasteiger partial charge in [0.25, 0.3) is 0 Å². The summed E-state index contributed by atoms with van der Waals surface area (Å²) >= 11 is 0. The Bertz CT molecular complexity index is 150. The molecule has 64 valence electrons. The van der Waals surface area contributed by atoms with Crippen LogP contribution in [-0.4, -0.2) is 12.0 Å². The van der Waals surface area contributed by atoms with Crippen LogP contribution >= 0.6 is 0 Å². The van der Waals surface area contributed by atoms with E-state index in [0.29, 0.717) is 24.8 Å². The molecule has 2 heteroatoms. The van der Waals surface area contributed by atoms with Crippen LogP contribution in [0, 0.1) is 0 Å². The summed E-state index contributed by atoms with van der Waals surface area (Å²) in [6.45, 7) is 6.71. The van der Waals surface area contributed by atoms with Crippen molar-refractivity contribution in [3.8, 4) is 0 Å². The molecule has 0 aromatic heterocycles. The second kappa shape index (κ2) is 4.27. The minimum atomic E-state index is -1.30. The second-order valence-corrected chi connectivity index (χ2v) is 3.04. The molecule has 0 aromatic rings. The second-order valence-electron chi connectivity index (χ2n) is 3.04. The van der Waals surface area contributed by atoms with Crippen molar-refractivity contribution in [3.63, 3.8) is 0 Å². The summed E-state index contributed by atoms with van der Waals surface area (Å²) in [7, 11) is 0. The number of carbonyl (C=O) groups is 1. The molecule has 11 heavy (non-hydrogen) atoms. The highest BCUT2D eigenvalue weighted by atomic mass is 19.1. The van der Waals surface area contributed by atoms with Crippen molar-refractivity contribution in [2.75, 3.05) is 0 Å². The first-order chi connectivity index (χ1) is 5.00. The number of unbranched alkanes of at least 4 members (excludes halogenated alkanes) is 1. The predicted molar refractivity (Wildman–Crippen MR) is 44.2 cm³/mol. The van der Waals surface area contributed by atoms with E-state index in [9.17, 15) is 9.18 Å². The number of hydrogen-bond donors (Lipinski definition) is 0. The fourth-order valence-corrected chi connectivity index (χ4v) is 0.731. The van der Waals surface area contributed by atoms with Crippen LogP contribution in [0.25, 0.3) is 0 Å². The Hall–Kier alpha value is -0.660. The van der Waals surface area contributed by atoms with Crippen molar-refractivity contribution in [1.29, 1.82) is 0 Å². The number of aldehydes is 1. The van der Waals surface area contributed by atoms with Gasteiger partial charge in [-0.2, -0.15) is 0 Å². The molecule has 0 aliphatic rings. The molecule has 1 unspecified atom stereocenters. The Labute approximate surface area is 67.3 Å². The van der Waals surface area contributed by atoms with Gasteiger partial charge in [-0.25, -0.2) is 4.39 Å². The molecule has 0 rings (SSSR count). The van der Waals surface area contributed by atoms with Crippen LogP contribution in [-0.2, 0) is 4.79 Å². The van der Waals surface area contributed by atoms with E-state index in [1.807, 2.05) is 0 Å². The number of halogens is 1. The van der Waals surface area contributed by atoms with Gasteiger partial charge in [0, 0.05) is 6.42 Å². The van der Waals surface area contributed by atoms with Gasteiger partial charge in [0.05, 0.1) is 0 Å². The maximum atomic E-state index is 13.3. The first-order valence-corrected chi connectivity index (χ1v) is 3.79. The van der Waals surface area contributed by atoms with Crippen LogP contribution in [0.4, 0.5) is 4.39 Å². The van der Waals surface area contributed by atoms with E-state index in [0.717, 1.165) is 6.29 Å². The monoisotopic (exact) mass is 158 g/mol. The minimum absolute atomic E-state index is 0.390. The predicted octanol–water partition coefficient (Wildman–Crippen LogP) is 2.66. The molecule has 1 atom stereocenters. The summed E-state index contributed by atoms with van der Waals surface area (Å²) in [6.07, 6.45) is 2.24. The zero-order valence-electron chi connectivity index (χ0n) is 7.19. The summed E-state index contributed by atoms with van der Waals surface area (Å²) in [4.78, 5) is 9.92. The summed E-state index contributed by atoms with van der Waals surface area (Å²) < 4.78 is 13.3. The molecule has 0 N–H and O–H groups in total. The lowest BCUT2D eigenvalue weighted by molar-refractivity contribution is -0.108. The van der Waals surface area contributed by atoms with E-state index in [4.69, 9.17) is 0 Å². The van der Waals surface area contributed by atoms with Crippen LogP contribution < -0.4 is 0 Å². The fourth-order valence-electron chi connectivity index (χ4n) is 0.731. The number of alkyl halides is 1. The number of allylic oxidation sites excluding steroid dienone is 1. The normalized spacial score (nSPS) is 15.5. The average Bonchev–Trinajstić information content (AvgIpc) is 1.88. The third kappa shape index (κ3) is 3.91. The zero-order chi connectivity index (χ0) is 8.91. The van der Waals surface area contributed by atoms with Crippen LogP contribution in [0.15, 0.2) is 12.2 Å². The van der Waals surface area contributed by atoms with E-state index < -0.39 is 5.67 Å². The smallest absolute Gasteiger partial charge is 0.128 e. The van der Waals surface area contributed by atoms with Gasteiger partial charge < -0.3 is 4.79 Å². The van der Waals surface area contributed by atoms with Crippen molar-refractivity contribution in [1.82, 2.24) is 0 Å². The lowest BCUT2D eigenvalue weighted by atomic mass is 9.94. The molecule has 0 saturated carbocycles. The van der Waals surface area contributed by atoms with Crippen molar-refractivity contribution < 1.29 is 9.18 Å². The highest BCUT2D eigenvalue weighted by Crippen LogP contribution is 2.25. The highest BCUT2D eigenvalue weighted by Gasteiger charge is 2.22. The van der Waals surface area contributed by atoms with Gasteiger partial charge in [0.1, 0.15) is 12.0 Å². The maximum absolute atomic E-state index is 13.3. The molecule has 0 aliphatic carbocycles. The summed E-state index contributed by atoms with van der Waals surface area (Å²) in [5.74, 6) is 0. The molecule has 1 nitrogen and oxygen atoms in total. The number of hydrogen-bond acceptors (Lipinski definition) is 1. The molecule has 0 fully saturated rings. The zero-order valence-corrected chi connectivity index (χ0v) is 7.19. The van der Waals surface area contributed by atoms with Crippen molar-refractivity contribution >= 4 is 6.29 Å². The van der Waals surface area contributed by atoms with Crippen LogP contribution in [0.5, 0.6) is 0 Å². The Kier molecular flexibility index (Phi) is 4.01. The Balaban J connectivity index is 3.72. The van der Waals surface area contributed by atoms with Gasteiger partial charge in [-0.1, -0.05) is 6.58 Å². The first-order valence-electron chi connectivity index (χ1n) is 3.79. The van der Waals surface area contributed by atoms with Gasteiger partial charge in [-0.3, -0.25) is 0 Å². The maximum Gasteiger partial charge on any atom is 0.128 e. The molecule has 0 aliphatic heterocycles. The molecule has 0 amide bonds. The molecule has 0 bridgehead atoms. The van der Waals surface area contributed by atoms with E-state index in [2.05, 4.69) is 6.58 Å². The van der Waals surface area contributed by atoms with Crippen LogP contribution in [0.2, 0.25) is 0 Å². The largest absolute Gasteiger partial charge is 0.303 e. The van der Waals surface area contributed by atoms with Crippen molar-refractivity contribution in [3.05, 3.63) is 12.2 Å². The molecular weight excluding hydrogens is 143 g/mol. The van der Waals surface area contributed by atoms with Gasteiger partial charge in [-0.15, -0.1) is 0 Å². The van der Waals surface area contributed by atoms with Gasteiger partial charge in [0.2, 0.25) is 0 Å². The minimum Gasteiger partial charge on any atom is -0.303 e. The third-order valence-corrected chi connectivity index (χ3v) is 1.86. The lowest BCUT2D eigenvalue weighted by Gasteiger charge is -2.19. The summed E-state index contributed by atoms with van der Waals surface area (Å²) in [6, 6.07) is 0. The van der Waals surface area contributed by atoms with E-state index in [1.54, 1.807) is 6.92 Å². The van der Waals surface area contributed by atoms with Crippen molar-refractivity contribution in [2.24, 2.45) is 0 Å². The molecule has 0 heterocycles. The highest BCUT2D eigenvalue weighted by molar-refractivity contribution is 5.49. The lowest BCUT2D eigenvalue weighted by Crippen LogP contribution is -2.18.